The van der Waals surface area contributed by atoms with E-state index in [1.54, 1.807) is 7.11 Å². The predicted molar refractivity (Wildman–Crippen MR) is 116 cm³/mol. The molecule has 2 atom stereocenters. The molecule has 2 unspecified atom stereocenters. The third kappa shape index (κ3) is 4.35. The van der Waals surface area contributed by atoms with Crippen LogP contribution in [0.2, 0.25) is 0 Å². The molecule has 26 heavy (non-hydrogen) atoms. The molecule has 1 aliphatic rings. The fraction of sp³-hybridized carbons (Fsp3) is 0.789. The van der Waals surface area contributed by atoms with E-state index in [-0.39, 0.29) is 35.0 Å². The maximum atomic E-state index is 5.72. The smallest absolute Gasteiger partial charge is 0.191 e. The van der Waals surface area contributed by atoms with E-state index < -0.39 is 0 Å². The highest BCUT2D eigenvalue weighted by Gasteiger charge is 2.58. The number of hydrogen-bond donors (Lipinski definition) is 2. The van der Waals surface area contributed by atoms with Gasteiger partial charge in [0, 0.05) is 37.1 Å². The zero-order chi connectivity index (χ0) is 18.7. The summed E-state index contributed by atoms with van der Waals surface area (Å²) >= 11 is 0. The van der Waals surface area contributed by atoms with Gasteiger partial charge in [0.05, 0.1) is 17.8 Å². The lowest BCUT2D eigenvalue weighted by molar-refractivity contribution is -0.176. The molecule has 1 saturated carbocycles. The first-order chi connectivity index (χ1) is 11.8. The average Bonchev–Trinajstić information content (AvgIpc) is 3.00. The molecule has 1 aliphatic carbocycles. The Kier molecular flexibility index (Phi) is 8.38. The van der Waals surface area contributed by atoms with Crippen molar-refractivity contribution in [1.82, 2.24) is 15.8 Å². The molecule has 0 amide bonds. The monoisotopic (exact) mass is 478 g/mol. The van der Waals surface area contributed by atoms with E-state index in [1.165, 1.54) is 0 Å². The second-order valence-corrected chi connectivity index (χ2v) is 7.49. The molecule has 150 valence electrons. The SMILES string of the molecule is CCNC(=NCc1c(CC)noc1CC)NC1CC(C)(OC)C1(C)C.I. The molecule has 1 heterocycles. The summed E-state index contributed by atoms with van der Waals surface area (Å²) in [5, 5.41) is 11.1. The molecular weight excluding hydrogens is 443 g/mol. The Labute approximate surface area is 174 Å². The number of rotatable bonds is 7. The van der Waals surface area contributed by atoms with Crippen molar-refractivity contribution in [2.75, 3.05) is 13.7 Å². The second-order valence-electron chi connectivity index (χ2n) is 7.49. The molecule has 1 aromatic rings. The molecule has 2 N–H and O–H groups in total. The fourth-order valence-electron chi connectivity index (χ4n) is 3.48. The Hall–Kier alpha value is -0.830. The van der Waals surface area contributed by atoms with Crippen molar-refractivity contribution in [1.29, 1.82) is 0 Å². The molecule has 1 aromatic heterocycles. The second kappa shape index (κ2) is 9.39. The number of hydrogen-bond acceptors (Lipinski definition) is 4. The summed E-state index contributed by atoms with van der Waals surface area (Å²) in [6.07, 6.45) is 2.67. The van der Waals surface area contributed by atoms with Gasteiger partial charge in [-0.2, -0.15) is 0 Å². The van der Waals surface area contributed by atoms with E-state index in [2.05, 4.69) is 57.3 Å². The van der Waals surface area contributed by atoms with Crippen LogP contribution in [0.1, 0.15) is 65.0 Å². The van der Waals surface area contributed by atoms with Crippen LogP contribution in [0.5, 0.6) is 0 Å². The number of aryl methyl sites for hydroxylation is 2. The molecule has 2 rings (SSSR count). The van der Waals surface area contributed by atoms with E-state index >= 15 is 0 Å². The number of ether oxygens (including phenoxy) is 1. The van der Waals surface area contributed by atoms with Crippen molar-refractivity contribution in [3.8, 4) is 0 Å². The van der Waals surface area contributed by atoms with Crippen molar-refractivity contribution in [3.05, 3.63) is 17.0 Å². The molecule has 0 bridgehead atoms. The van der Waals surface area contributed by atoms with Gasteiger partial charge < -0.3 is 19.9 Å². The fourth-order valence-corrected chi connectivity index (χ4v) is 3.48. The molecule has 0 radical (unpaired) electrons. The maximum Gasteiger partial charge on any atom is 0.191 e. The maximum absolute atomic E-state index is 5.72. The Balaban J connectivity index is 0.00000338. The first-order valence-corrected chi connectivity index (χ1v) is 9.39. The molecule has 1 fully saturated rings. The average molecular weight is 478 g/mol. The third-order valence-corrected chi connectivity index (χ3v) is 5.94. The number of nitrogens with one attached hydrogen (secondary N) is 2. The number of nitrogens with zero attached hydrogens (tertiary/aromatic N) is 2. The summed E-state index contributed by atoms with van der Waals surface area (Å²) in [6, 6.07) is 0.328. The lowest BCUT2D eigenvalue weighted by atomic mass is 9.56. The summed E-state index contributed by atoms with van der Waals surface area (Å²) in [5.74, 6) is 1.77. The van der Waals surface area contributed by atoms with Gasteiger partial charge in [-0.1, -0.05) is 32.9 Å². The van der Waals surface area contributed by atoms with Gasteiger partial charge in [0.2, 0.25) is 0 Å². The molecular formula is C19H35IN4O2. The van der Waals surface area contributed by atoms with Gasteiger partial charge in [0.15, 0.2) is 5.96 Å². The summed E-state index contributed by atoms with van der Waals surface area (Å²) in [7, 11) is 1.79. The minimum Gasteiger partial charge on any atom is -0.378 e. The topological polar surface area (TPSA) is 71.7 Å². The Morgan fingerprint density at radius 2 is 1.96 bits per heavy atom. The van der Waals surface area contributed by atoms with Crippen LogP contribution in [-0.2, 0) is 24.1 Å². The zero-order valence-electron chi connectivity index (χ0n) is 17.2. The van der Waals surface area contributed by atoms with Crippen LogP contribution < -0.4 is 10.6 Å². The number of methoxy groups -OCH3 is 1. The lowest BCUT2D eigenvalue weighted by Crippen LogP contribution is -2.69. The van der Waals surface area contributed by atoms with E-state index in [9.17, 15) is 0 Å². The van der Waals surface area contributed by atoms with Crippen molar-refractivity contribution >= 4 is 29.9 Å². The number of halogens is 1. The van der Waals surface area contributed by atoms with Gasteiger partial charge in [-0.25, -0.2) is 4.99 Å². The quantitative estimate of drug-likeness (QED) is 0.356. The zero-order valence-corrected chi connectivity index (χ0v) is 19.6. The minimum absolute atomic E-state index is 0. The van der Waals surface area contributed by atoms with Crippen molar-refractivity contribution < 1.29 is 9.26 Å². The van der Waals surface area contributed by atoms with Crippen LogP contribution in [0, 0.1) is 5.41 Å². The standard InChI is InChI=1S/C19H34N4O2.HI/c1-8-14-13(15(9-2)25-23-14)12-21-17(20-10-3)22-16-11-19(6,24-7)18(16,4)5;/h16H,8-12H2,1-7H3,(H2,20,21,22);1H. The van der Waals surface area contributed by atoms with Gasteiger partial charge in [-0.05, 0) is 26.7 Å². The summed E-state index contributed by atoms with van der Waals surface area (Å²) in [6.45, 7) is 14.3. The van der Waals surface area contributed by atoms with Crippen molar-refractivity contribution in [2.45, 2.75) is 79.0 Å². The molecule has 0 saturated heterocycles. The largest absolute Gasteiger partial charge is 0.378 e. The lowest BCUT2D eigenvalue weighted by Gasteiger charge is -2.59. The molecule has 0 aliphatic heterocycles. The van der Waals surface area contributed by atoms with Crippen molar-refractivity contribution in [2.24, 2.45) is 10.4 Å². The third-order valence-electron chi connectivity index (χ3n) is 5.94. The molecule has 7 heteroatoms. The summed E-state index contributed by atoms with van der Waals surface area (Å²) in [4.78, 5) is 4.79. The first kappa shape index (κ1) is 23.2. The summed E-state index contributed by atoms with van der Waals surface area (Å²) < 4.78 is 11.2. The van der Waals surface area contributed by atoms with Gasteiger partial charge >= 0.3 is 0 Å². The normalized spacial score (nSPS) is 24.6. The number of guanidine groups is 1. The molecule has 6 nitrogen and oxygen atoms in total. The van der Waals surface area contributed by atoms with Crippen LogP contribution in [0.15, 0.2) is 9.52 Å². The first-order valence-electron chi connectivity index (χ1n) is 9.39. The number of aromatic nitrogens is 1. The van der Waals surface area contributed by atoms with Gasteiger partial charge in [0.25, 0.3) is 0 Å². The molecule has 0 spiro atoms. The van der Waals surface area contributed by atoms with E-state index in [1.807, 2.05) is 0 Å². The number of aliphatic imine (C=N–C) groups is 1. The predicted octanol–water partition coefficient (Wildman–Crippen LogP) is 3.68. The van der Waals surface area contributed by atoms with Gasteiger partial charge in [0.1, 0.15) is 5.76 Å². The molecule has 0 aromatic carbocycles. The van der Waals surface area contributed by atoms with E-state index in [4.69, 9.17) is 14.3 Å². The summed E-state index contributed by atoms with van der Waals surface area (Å²) in [5.41, 5.74) is 2.07. The Morgan fingerprint density at radius 3 is 2.46 bits per heavy atom. The van der Waals surface area contributed by atoms with E-state index in [0.717, 1.165) is 48.8 Å². The van der Waals surface area contributed by atoms with E-state index in [0.29, 0.717) is 12.6 Å². The Bertz CT molecular complexity index is 593. The highest BCUT2D eigenvalue weighted by atomic mass is 127. The van der Waals surface area contributed by atoms with Gasteiger partial charge in [-0.15, -0.1) is 24.0 Å². The Morgan fingerprint density at radius 1 is 1.27 bits per heavy atom. The van der Waals surface area contributed by atoms with Crippen LogP contribution in [0.4, 0.5) is 0 Å². The van der Waals surface area contributed by atoms with Crippen LogP contribution >= 0.6 is 24.0 Å². The van der Waals surface area contributed by atoms with Crippen LogP contribution in [0.25, 0.3) is 0 Å². The minimum atomic E-state index is -0.0960. The van der Waals surface area contributed by atoms with Crippen LogP contribution in [-0.4, -0.2) is 36.4 Å². The van der Waals surface area contributed by atoms with Crippen molar-refractivity contribution in [3.63, 3.8) is 0 Å². The van der Waals surface area contributed by atoms with Crippen LogP contribution in [0.3, 0.4) is 0 Å². The highest BCUT2D eigenvalue weighted by molar-refractivity contribution is 14.0. The highest BCUT2D eigenvalue weighted by Crippen LogP contribution is 2.51. The van der Waals surface area contributed by atoms with Gasteiger partial charge in [-0.3, -0.25) is 0 Å².